The number of hydrogen-bond acceptors (Lipinski definition) is 6. The fraction of sp³-hybridized carbons (Fsp3) is 0.292. The summed E-state index contributed by atoms with van der Waals surface area (Å²) in [5, 5.41) is 11.0. The SMILES string of the molecule is O=C(Nc1ccc(F)c(-c2nnc3n2CCCCC3)c1)c1cccc(CN2C(=O)CSC2=O)c1. The van der Waals surface area contributed by atoms with Gasteiger partial charge in [0.25, 0.3) is 11.1 Å². The summed E-state index contributed by atoms with van der Waals surface area (Å²) in [5.74, 6) is 0.401. The van der Waals surface area contributed by atoms with E-state index in [0.717, 1.165) is 49.8 Å². The quantitative estimate of drug-likeness (QED) is 0.587. The number of hydrogen-bond donors (Lipinski definition) is 1. The van der Waals surface area contributed by atoms with E-state index in [0.29, 0.717) is 22.6 Å². The van der Waals surface area contributed by atoms with Crippen LogP contribution in [0.25, 0.3) is 11.4 Å². The van der Waals surface area contributed by atoms with E-state index in [1.807, 2.05) is 4.57 Å². The Bertz CT molecular complexity index is 1280. The highest BCUT2D eigenvalue weighted by Gasteiger charge is 2.29. The molecule has 2 aliphatic heterocycles. The Kier molecular flexibility index (Phi) is 6.14. The lowest BCUT2D eigenvalue weighted by Crippen LogP contribution is -2.28. The lowest BCUT2D eigenvalue weighted by molar-refractivity contribution is -0.125. The van der Waals surface area contributed by atoms with Gasteiger partial charge in [-0.1, -0.05) is 30.3 Å². The van der Waals surface area contributed by atoms with Crippen LogP contribution in [0.5, 0.6) is 0 Å². The van der Waals surface area contributed by atoms with Crippen molar-refractivity contribution < 1.29 is 18.8 Å². The summed E-state index contributed by atoms with van der Waals surface area (Å²) in [6, 6.07) is 11.1. The predicted molar refractivity (Wildman–Crippen MR) is 126 cm³/mol. The van der Waals surface area contributed by atoms with Crippen molar-refractivity contribution in [1.82, 2.24) is 19.7 Å². The molecule has 0 unspecified atom stereocenters. The maximum Gasteiger partial charge on any atom is 0.289 e. The molecule has 0 atom stereocenters. The van der Waals surface area contributed by atoms with Crippen LogP contribution in [0.15, 0.2) is 42.5 Å². The Balaban J connectivity index is 1.36. The third-order valence-electron chi connectivity index (χ3n) is 5.95. The molecule has 1 N–H and O–H groups in total. The summed E-state index contributed by atoms with van der Waals surface area (Å²) in [4.78, 5) is 37.8. The van der Waals surface area contributed by atoms with Gasteiger partial charge < -0.3 is 9.88 Å². The molecule has 174 valence electrons. The number of aryl methyl sites for hydroxylation is 1. The number of thioether (sulfide) groups is 1. The summed E-state index contributed by atoms with van der Waals surface area (Å²) < 4.78 is 16.7. The predicted octanol–water partition coefficient (Wildman–Crippen LogP) is 4.26. The number of fused-ring (bicyclic) bond motifs is 1. The first-order valence-corrected chi connectivity index (χ1v) is 12.1. The minimum Gasteiger partial charge on any atom is -0.322 e. The number of rotatable bonds is 5. The van der Waals surface area contributed by atoms with Gasteiger partial charge in [0.05, 0.1) is 17.9 Å². The maximum atomic E-state index is 14.7. The molecule has 1 saturated heterocycles. The maximum absolute atomic E-state index is 14.7. The molecule has 2 aromatic carbocycles. The molecule has 3 amide bonds. The molecule has 0 bridgehead atoms. The van der Waals surface area contributed by atoms with E-state index in [4.69, 9.17) is 0 Å². The molecule has 5 rings (SSSR count). The first-order valence-electron chi connectivity index (χ1n) is 11.1. The Morgan fingerprint density at radius 2 is 1.97 bits per heavy atom. The Morgan fingerprint density at radius 1 is 1.09 bits per heavy atom. The number of aromatic nitrogens is 3. The molecule has 1 aromatic heterocycles. The summed E-state index contributed by atoms with van der Waals surface area (Å²) in [6.45, 7) is 0.853. The normalized spacial score (nSPS) is 15.9. The smallest absolute Gasteiger partial charge is 0.289 e. The van der Waals surface area contributed by atoms with Crippen molar-refractivity contribution in [2.45, 2.75) is 38.8 Å². The van der Waals surface area contributed by atoms with Crippen LogP contribution >= 0.6 is 11.8 Å². The lowest BCUT2D eigenvalue weighted by Gasteiger charge is -2.14. The second kappa shape index (κ2) is 9.38. The fourth-order valence-electron chi connectivity index (χ4n) is 4.19. The molecule has 1 fully saturated rings. The molecular formula is C24H22FN5O3S. The van der Waals surface area contributed by atoms with Crippen molar-refractivity contribution in [1.29, 1.82) is 0 Å². The number of carbonyl (C=O) groups excluding carboxylic acids is 3. The van der Waals surface area contributed by atoms with Gasteiger partial charge in [0.2, 0.25) is 5.91 Å². The van der Waals surface area contributed by atoms with Crippen LogP contribution in [0.3, 0.4) is 0 Å². The van der Waals surface area contributed by atoms with Gasteiger partial charge >= 0.3 is 0 Å². The van der Waals surface area contributed by atoms with Gasteiger partial charge in [0.1, 0.15) is 11.6 Å². The molecule has 0 radical (unpaired) electrons. The Morgan fingerprint density at radius 3 is 2.79 bits per heavy atom. The van der Waals surface area contributed by atoms with Gasteiger partial charge in [-0.3, -0.25) is 19.3 Å². The van der Waals surface area contributed by atoms with Gasteiger partial charge in [-0.15, -0.1) is 10.2 Å². The van der Waals surface area contributed by atoms with Crippen molar-refractivity contribution in [2.75, 3.05) is 11.1 Å². The Labute approximate surface area is 199 Å². The summed E-state index contributed by atoms with van der Waals surface area (Å²) in [6.07, 6.45) is 3.93. The number of carbonyl (C=O) groups is 3. The van der Waals surface area contributed by atoms with E-state index >= 15 is 0 Å². The van der Waals surface area contributed by atoms with Crippen LogP contribution in [-0.2, 0) is 24.3 Å². The molecule has 3 aromatic rings. The first-order chi connectivity index (χ1) is 16.5. The van der Waals surface area contributed by atoms with Crippen LogP contribution < -0.4 is 5.32 Å². The average Bonchev–Trinajstić information content (AvgIpc) is 3.28. The number of nitrogens with one attached hydrogen (secondary N) is 1. The number of imide groups is 1. The summed E-state index contributed by atoms with van der Waals surface area (Å²) >= 11 is 0.972. The second-order valence-electron chi connectivity index (χ2n) is 8.29. The molecule has 2 aliphatic rings. The third-order valence-corrected chi connectivity index (χ3v) is 6.80. The molecular weight excluding hydrogens is 457 g/mol. The molecule has 3 heterocycles. The molecule has 10 heteroatoms. The average molecular weight is 480 g/mol. The van der Waals surface area contributed by atoms with E-state index < -0.39 is 5.82 Å². The van der Waals surface area contributed by atoms with E-state index in [9.17, 15) is 18.8 Å². The number of halogens is 1. The van der Waals surface area contributed by atoms with Gasteiger partial charge in [0.15, 0.2) is 5.82 Å². The fourth-order valence-corrected chi connectivity index (χ4v) is 4.91. The standard InChI is InChI=1S/C24H22FN5O3S/c25-19-9-8-17(12-18(19)22-28-27-20-7-2-1-3-10-29(20)22)26-23(32)16-6-4-5-15(11-16)13-30-21(31)14-34-24(30)33/h4-6,8-9,11-12H,1-3,7,10,13-14H2,(H,26,32). The monoisotopic (exact) mass is 479 g/mol. The molecule has 0 spiro atoms. The van der Waals surface area contributed by atoms with Crippen molar-refractivity contribution in [3.63, 3.8) is 0 Å². The Hall–Kier alpha value is -3.53. The van der Waals surface area contributed by atoms with Crippen LogP contribution in [0.1, 0.15) is 41.0 Å². The van der Waals surface area contributed by atoms with Gasteiger partial charge in [0, 0.05) is 24.2 Å². The summed E-state index contributed by atoms with van der Waals surface area (Å²) in [5.41, 5.74) is 1.75. The van der Waals surface area contributed by atoms with E-state index in [1.165, 1.54) is 17.0 Å². The summed E-state index contributed by atoms with van der Waals surface area (Å²) in [7, 11) is 0. The van der Waals surface area contributed by atoms with Crippen molar-refractivity contribution >= 4 is 34.5 Å². The number of nitrogens with zero attached hydrogens (tertiary/aromatic N) is 4. The largest absolute Gasteiger partial charge is 0.322 e. The zero-order valence-electron chi connectivity index (χ0n) is 18.3. The molecule has 0 aliphatic carbocycles. The minimum atomic E-state index is -0.433. The van der Waals surface area contributed by atoms with E-state index in [-0.39, 0.29) is 34.9 Å². The van der Waals surface area contributed by atoms with Gasteiger partial charge in [-0.2, -0.15) is 0 Å². The van der Waals surface area contributed by atoms with Crippen LogP contribution in [0.2, 0.25) is 0 Å². The number of anilines is 1. The van der Waals surface area contributed by atoms with Crippen LogP contribution in [-0.4, -0.2) is 42.5 Å². The molecule has 34 heavy (non-hydrogen) atoms. The zero-order chi connectivity index (χ0) is 23.7. The minimum absolute atomic E-state index is 0.116. The second-order valence-corrected chi connectivity index (χ2v) is 9.21. The van der Waals surface area contributed by atoms with E-state index in [1.54, 1.807) is 30.3 Å². The van der Waals surface area contributed by atoms with E-state index in [2.05, 4.69) is 15.5 Å². The number of amides is 3. The highest BCUT2D eigenvalue weighted by atomic mass is 32.2. The van der Waals surface area contributed by atoms with Gasteiger partial charge in [-0.25, -0.2) is 4.39 Å². The lowest BCUT2D eigenvalue weighted by atomic mass is 10.1. The van der Waals surface area contributed by atoms with Crippen LogP contribution in [0.4, 0.5) is 14.9 Å². The van der Waals surface area contributed by atoms with Gasteiger partial charge in [-0.05, 0) is 48.7 Å². The molecule has 0 saturated carbocycles. The van der Waals surface area contributed by atoms with Crippen molar-refractivity contribution in [3.8, 4) is 11.4 Å². The highest BCUT2D eigenvalue weighted by molar-refractivity contribution is 8.14. The third kappa shape index (κ3) is 4.45. The topological polar surface area (TPSA) is 97.2 Å². The van der Waals surface area contributed by atoms with Crippen molar-refractivity contribution in [2.24, 2.45) is 0 Å². The highest BCUT2D eigenvalue weighted by Crippen LogP contribution is 2.28. The van der Waals surface area contributed by atoms with Crippen molar-refractivity contribution in [3.05, 3.63) is 65.2 Å². The molecule has 8 nitrogen and oxygen atoms in total. The zero-order valence-corrected chi connectivity index (χ0v) is 19.1. The number of benzene rings is 2. The van der Waals surface area contributed by atoms with Crippen LogP contribution in [0, 0.1) is 5.82 Å². The first kappa shape index (κ1) is 22.3.